The summed E-state index contributed by atoms with van der Waals surface area (Å²) in [6.07, 6.45) is 0. The smallest absolute Gasteiger partial charge is 0.360 e. The van der Waals surface area contributed by atoms with Crippen LogP contribution < -0.4 is 0 Å². The Morgan fingerprint density at radius 2 is 1.86 bits per heavy atom. The average Bonchev–Trinajstić information content (AvgIpc) is 2.55. The lowest BCUT2D eigenvalue weighted by Crippen LogP contribution is -2.07. The summed E-state index contributed by atoms with van der Waals surface area (Å²) < 4.78 is 4.91. The van der Waals surface area contributed by atoms with Gasteiger partial charge in [-0.05, 0) is 30.2 Å². The first-order chi connectivity index (χ1) is 10.7. The Morgan fingerprint density at radius 3 is 2.59 bits per heavy atom. The highest BCUT2D eigenvalue weighted by atomic mass is 16.5. The third kappa shape index (κ3) is 2.63. The number of nitrogens with zero attached hydrogens (tertiary/aromatic N) is 1. The molecule has 110 valence electrons. The first-order valence-corrected chi connectivity index (χ1v) is 7.05. The first-order valence-electron chi connectivity index (χ1n) is 7.05. The van der Waals surface area contributed by atoms with E-state index in [-0.39, 0.29) is 18.1 Å². The molecule has 0 fully saturated rings. The molecule has 1 aromatic heterocycles. The van der Waals surface area contributed by atoms with Gasteiger partial charge in [0.2, 0.25) is 0 Å². The van der Waals surface area contributed by atoms with E-state index in [9.17, 15) is 9.90 Å². The molecule has 1 heterocycles. The minimum Gasteiger partial charge on any atom is -0.505 e. The molecule has 0 atom stereocenters. The van der Waals surface area contributed by atoms with Gasteiger partial charge in [-0.3, -0.25) is 0 Å². The van der Waals surface area contributed by atoms with Crippen molar-refractivity contribution in [2.24, 2.45) is 0 Å². The van der Waals surface area contributed by atoms with Crippen LogP contribution >= 0.6 is 0 Å². The van der Waals surface area contributed by atoms with Gasteiger partial charge in [-0.25, -0.2) is 9.78 Å². The summed E-state index contributed by atoms with van der Waals surface area (Å²) in [5.41, 5.74) is 2.65. The van der Waals surface area contributed by atoms with Crippen molar-refractivity contribution in [2.45, 2.75) is 6.92 Å². The maximum Gasteiger partial charge on any atom is 0.360 e. The highest BCUT2D eigenvalue weighted by molar-refractivity contribution is 5.95. The lowest BCUT2D eigenvalue weighted by Gasteiger charge is -2.07. The van der Waals surface area contributed by atoms with E-state index in [2.05, 4.69) is 4.98 Å². The molecule has 0 spiro atoms. The predicted molar refractivity (Wildman–Crippen MR) is 84.8 cm³/mol. The molecule has 0 aliphatic heterocycles. The van der Waals surface area contributed by atoms with E-state index in [0.717, 1.165) is 16.5 Å². The maximum atomic E-state index is 11.8. The molecule has 2 aromatic carbocycles. The fourth-order valence-corrected chi connectivity index (χ4v) is 2.32. The normalized spacial score (nSPS) is 10.6. The molecule has 0 saturated carbocycles. The van der Waals surface area contributed by atoms with Crippen molar-refractivity contribution in [1.82, 2.24) is 4.98 Å². The topological polar surface area (TPSA) is 59.4 Å². The Bertz CT molecular complexity index is 828. The zero-order valence-electron chi connectivity index (χ0n) is 12.1. The number of hydrogen-bond acceptors (Lipinski definition) is 4. The van der Waals surface area contributed by atoms with E-state index in [1.807, 2.05) is 48.5 Å². The van der Waals surface area contributed by atoms with Crippen LogP contribution in [0.2, 0.25) is 0 Å². The van der Waals surface area contributed by atoms with Gasteiger partial charge in [0.15, 0.2) is 5.69 Å². The molecule has 0 bridgehead atoms. The number of aromatic nitrogens is 1. The molecule has 3 aromatic rings. The number of hydrogen-bond donors (Lipinski definition) is 1. The van der Waals surface area contributed by atoms with Gasteiger partial charge in [0.1, 0.15) is 5.75 Å². The molecule has 0 saturated heterocycles. The summed E-state index contributed by atoms with van der Waals surface area (Å²) in [4.78, 5) is 16.1. The average molecular weight is 293 g/mol. The number of benzene rings is 2. The molecule has 22 heavy (non-hydrogen) atoms. The van der Waals surface area contributed by atoms with Crippen LogP contribution in [0.15, 0.2) is 54.6 Å². The highest BCUT2D eigenvalue weighted by Crippen LogP contribution is 2.27. The fraction of sp³-hybridized carbons (Fsp3) is 0.111. The number of rotatable bonds is 3. The molecule has 4 nitrogen and oxygen atoms in total. The van der Waals surface area contributed by atoms with Crippen molar-refractivity contribution in [3.05, 3.63) is 60.3 Å². The Kier molecular flexibility index (Phi) is 3.74. The minimum absolute atomic E-state index is 0.0560. The van der Waals surface area contributed by atoms with E-state index in [1.54, 1.807) is 6.92 Å². The second-order valence-electron chi connectivity index (χ2n) is 4.85. The number of carbonyl (C=O) groups excluding carboxylic acids is 1. The number of aromatic hydroxyl groups is 1. The van der Waals surface area contributed by atoms with Gasteiger partial charge in [-0.1, -0.05) is 42.5 Å². The van der Waals surface area contributed by atoms with Crippen LogP contribution in [0, 0.1) is 0 Å². The quantitative estimate of drug-likeness (QED) is 0.746. The van der Waals surface area contributed by atoms with Crippen LogP contribution in [0.1, 0.15) is 17.4 Å². The molecular formula is C18H15NO3. The zero-order valence-corrected chi connectivity index (χ0v) is 12.1. The van der Waals surface area contributed by atoms with Gasteiger partial charge in [0.25, 0.3) is 0 Å². The van der Waals surface area contributed by atoms with Crippen LogP contribution in [-0.4, -0.2) is 22.7 Å². The number of ether oxygens (including phenoxy) is 1. The molecule has 1 N–H and O–H groups in total. The van der Waals surface area contributed by atoms with Crippen LogP contribution in [0.4, 0.5) is 0 Å². The van der Waals surface area contributed by atoms with E-state index < -0.39 is 5.97 Å². The van der Waals surface area contributed by atoms with Crippen LogP contribution in [0.25, 0.3) is 22.0 Å². The van der Waals surface area contributed by atoms with E-state index in [1.165, 1.54) is 6.07 Å². The summed E-state index contributed by atoms with van der Waals surface area (Å²) in [6, 6.07) is 17.2. The minimum atomic E-state index is -0.619. The molecule has 0 aliphatic carbocycles. The Hall–Kier alpha value is -2.88. The van der Waals surface area contributed by atoms with Crippen molar-refractivity contribution in [1.29, 1.82) is 0 Å². The monoisotopic (exact) mass is 293 g/mol. The van der Waals surface area contributed by atoms with Gasteiger partial charge in [0.05, 0.1) is 12.1 Å². The van der Waals surface area contributed by atoms with Crippen molar-refractivity contribution >= 4 is 16.9 Å². The Morgan fingerprint density at radius 1 is 1.09 bits per heavy atom. The van der Waals surface area contributed by atoms with Gasteiger partial charge in [0, 0.05) is 5.39 Å². The number of carbonyl (C=O) groups is 1. The fourth-order valence-electron chi connectivity index (χ4n) is 2.32. The molecule has 3 rings (SSSR count). The molecule has 0 aliphatic rings. The molecule has 0 unspecified atom stereocenters. The van der Waals surface area contributed by atoms with Crippen molar-refractivity contribution in [3.8, 4) is 16.9 Å². The third-order valence-electron chi connectivity index (χ3n) is 3.37. The van der Waals surface area contributed by atoms with Gasteiger partial charge in [-0.15, -0.1) is 0 Å². The Balaban J connectivity index is 2.11. The second-order valence-corrected chi connectivity index (χ2v) is 4.85. The second kappa shape index (κ2) is 5.85. The summed E-state index contributed by atoms with van der Waals surface area (Å²) in [7, 11) is 0. The number of fused-ring (bicyclic) bond motifs is 1. The van der Waals surface area contributed by atoms with Crippen molar-refractivity contribution < 1.29 is 14.6 Å². The van der Waals surface area contributed by atoms with Gasteiger partial charge >= 0.3 is 5.97 Å². The van der Waals surface area contributed by atoms with Gasteiger partial charge in [-0.2, -0.15) is 0 Å². The largest absolute Gasteiger partial charge is 0.505 e. The Labute approximate surface area is 128 Å². The predicted octanol–water partition coefficient (Wildman–Crippen LogP) is 3.78. The van der Waals surface area contributed by atoms with Crippen LogP contribution in [0.3, 0.4) is 0 Å². The lowest BCUT2D eigenvalue weighted by molar-refractivity contribution is 0.0516. The molecule has 0 amide bonds. The lowest BCUT2D eigenvalue weighted by atomic mass is 10.0. The molecule has 4 heteroatoms. The van der Waals surface area contributed by atoms with E-state index >= 15 is 0 Å². The van der Waals surface area contributed by atoms with Crippen molar-refractivity contribution in [2.75, 3.05) is 6.61 Å². The highest BCUT2D eigenvalue weighted by Gasteiger charge is 2.15. The summed E-state index contributed by atoms with van der Waals surface area (Å²) >= 11 is 0. The summed E-state index contributed by atoms with van der Waals surface area (Å²) in [5, 5.41) is 10.7. The molecular weight excluding hydrogens is 278 g/mol. The third-order valence-corrected chi connectivity index (χ3v) is 3.37. The van der Waals surface area contributed by atoms with Crippen LogP contribution in [-0.2, 0) is 4.74 Å². The number of esters is 1. The van der Waals surface area contributed by atoms with E-state index in [4.69, 9.17) is 4.74 Å². The van der Waals surface area contributed by atoms with Gasteiger partial charge < -0.3 is 9.84 Å². The summed E-state index contributed by atoms with van der Waals surface area (Å²) in [5.74, 6) is -0.787. The SMILES string of the molecule is CCOC(=O)c1nc2cc(-c3ccccc3)ccc2cc1O. The molecule has 0 radical (unpaired) electrons. The zero-order chi connectivity index (χ0) is 15.5. The van der Waals surface area contributed by atoms with E-state index in [0.29, 0.717) is 5.52 Å². The van der Waals surface area contributed by atoms with Crippen molar-refractivity contribution in [3.63, 3.8) is 0 Å². The standard InChI is InChI=1S/C18H15NO3/c1-2-22-18(21)17-16(20)11-14-9-8-13(10-15(14)19-17)12-6-4-3-5-7-12/h3-11,20H,2H2,1H3. The first kappa shape index (κ1) is 14.1. The number of pyridine rings is 1. The maximum absolute atomic E-state index is 11.8. The van der Waals surface area contributed by atoms with Crippen LogP contribution in [0.5, 0.6) is 5.75 Å². The summed E-state index contributed by atoms with van der Waals surface area (Å²) in [6.45, 7) is 1.95.